The third kappa shape index (κ3) is 6.83. The molecule has 1 saturated heterocycles. The van der Waals surface area contributed by atoms with Gasteiger partial charge in [0.2, 0.25) is 5.82 Å². The van der Waals surface area contributed by atoms with Crippen LogP contribution in [0, 0.1) is 5.82 Å². The molecule has 1 saturated carbocycles. The van der Waals surface area contributed by atoms with Crippen molar-refractivity contribution in [3.63, 3.8) is 0 Å². The van der Waals surface area contributed by atoms with E-state index in [1.165, 1.54) is 25.3 Å². The molecule has 6 aromatic rings. The molecule has 3 heterocycles. The molecule has 260 valence electrons. The number of carbonyl (C=O) groups is 1. The van der Waals surface area contributed by atoms with Gasteiger partial charge in [0.1, 0.15) is 24.0 Å². The molecule has 2 fully saturated rings. The van der Waals surface area contributed by atoms with Gasteiger partial charge in [-0.15, -0.1) is 10.2 Å². The Morgan fingerprint density at radius 2 is 1.67 bits per heavy atom. The standard InChI is InChI=1S/C39H38ClFN8O2/c1-47-17-19-48(20-18-47)39(50)28-9-14-32(26-10-15-34(41)33(40)22-26)29(21-28)24-51-31-12-7-25(8-13-31)38-42-35-23-27(37-43-45-46-44-37)11-16-36(35)49(38)30-5-3-2-4-6-30/h7-16,21-23,30H,2-6,17-20,24H2,1H3,(H,43,44,45,46). The normalized spacial score (nSPS) is 15.8. The van der Waals surface area contributed by atoms with Crippen LogP contribution < -0.4 is 4.74 Å². The molecule has 1 amide bonds. The molecule has 0 unspecified atom stereocenters. The lowest BCUT2D eigenvalue weighted by Crippen LogP contribution is -2.47. The number of aromatic amines is 1. The lowest BCUT2D eigenvalue weighted by atomic mass is 9.95. The predicted molar refractivity (Wildman–Crippen MR) is 195 cm³/mol. The van der Waals surface area contributed by atoms with Gasteiger partial charge in [0.25, 0.3) is 5.91 Å². The minimum Gasteiger partial charge on any atom is -0.489 e. The van der Waals surface area contributed by atoms with Crippen molar-refractivity contribution in [3.05, 3.63) is 101 Å². The topological polar surface area (TPSA) is 105 Å². The first-order valence-electron chi connectivity index (χ1n) is 17.5. The molecule has 51 heavy (non-hydrogen) atoms. The van der Waals surface area contributed by atoms with E-state index in [4.69, 9.17) is 21.3 Å². The molecule has 1 N–H and O–H groups in total. The Labute approximate surface area is 300 Å². The maximum Gasteiger partial charge on any atom is 0.253 e. The summed E-state index contributed by atoms with van der Waals surface area (Å²) < 4.78 is 22.8. The minimum absolute atomic E-state index is 0.0114. The number of nitrogens with one attached hydrogen (secondary N) is 1. The number of hydrogen-bond donors (Lipinski definition) is 1. The van der Waals surface area contributed by atoms with Gasteiger partial charge in [-0.1, -0.05) is 43.0 Å². The van der Waals surface area contributed by atoms with Crippen LogP contribution in [0.4, 0.5) is 4.39 Å². The summed E-state index contributed by atoms with van der Waals surface area (Å²) in [5, 5.41) is 14.6. The smallest absolute Gasteiger partial charge is 0.253 e. The molecule has 8 rings (SSSR count). The van der Waals surface area contributed by atoms with Crippen LogP contribution in [-0.2, 0) is 6.61 Å². The Hall–Kier alpha value is -5.13. The number of H-pyrrole nitrogens is 1. The summed E-state index contributed by atoms with van der Waals surface area (Å²) in [5.41, 5.74) is 6.79. The number of ether oxygens (including phenoxy) is 1. The van der Waals surface area contributed by atoms with Gasteiger partial charge in [0.05, 0.1) is 16.1 Å². The molecule has 0 bridgehead atoms. The van der Waals surface area contributed by atoms with E-state index < -0.39 is 5.82 Å². The van der Waals surface area contributed by atoms with E-state index in [1.54, 1.807) is 12.1 Å². The molecular formula is C39H38ClFN8O2. The molecule has 1 aliphatic heterocycles. The summed E-state index contributed by atoms with van der Waals surface area (Å²) in [4.78, 5) is 22.8. The third-order valence-electron chi connectivity index (χ3n) is 10.1. The van der Waals surface area contributed by atoms with Crippen molar-refractivity contribution in [2.75, 3.05) is 33.2 Å². The van der Waals surface area contributed by atoms with Crippen molar-refractivity contribution in [1.82, 2.24) is 40.0 Å². The largest absolute Gasteiger partial charge is 0.489 e. The van der Waals surface area contributed by atoms with E-state index in [0.29, 0.717) is 36.3 Å². The van der Waals surface area contributed by atoms with Crippen LogP contribution in [0.3, 0.4) is 0 Å². The summed E-state index contributed by atoms with van der Waals surface area (Å²) in [6, 6.07) is 24.8. The number of aromatic nitrogens is 6. The fourth-order valence-electron chi connectivity index (χ4n) is 7.28. The SMILES string of the molecule is CN1CCN(C(=O)c2ccc(-c3ccc(F)c(Cl)c3)c(COc3ccc(-c4nc5cc(-c6nn[nH]n6)ccc5n4C4CCCCC4)cc3)c2)CC1. The van der Waals surface area contributed by atoms with E-state index in [2.05, 4.69) is 43.2 Å². The first-order chi connectivity index (χ1) is 24.9. The van der Waals surface area contributed by atoms with Gasteiger partial charge < -0.3 is 19.1 Å². The van der Waals surface area contributed by atoms with Crippen LogP contribution in [0.1, 0.15) is 54.1 Å². The second kappa shape index (κ2) is 14.2. The highest BCUT2D eigenvalue weighted by molar-refractivity contribution is 6.31. The third-order valence-corrected chi connectivity index (χ3v) is 10.4. The van der Waals surface area contributed by atoms with Crippen molar-refractivity contribution < 1.29 is 13.9 Å². The average molecular weight is 705 g/mol. The molecule has 10 nitrogen and oxygen atoms in total. The highest BCUT2D eigenvalue weighted by Gasteiger charge is 2.24. The lowest BCUT2D eigenvalue weighted by molar-refractivity contribution is 0.0664. The fourth-order valence-corrected chi connectivity index (χ4v) is 7.46. The van der Waals surface area contributed by atoms with Gasteiger partial charge in [-0.2, -0.15) is 5.21 Å². The summed E-state index contributed by atoms with van der Waals surface area (Å²) in [7, 11) is 2.06. The van der Waals surface area contributed by atoms with Crippen LogP contribution in [0.15, 0.2) is 78.9 Å². The van der Waals surface area contributed by atoms with E-state index in [9.17, 15) is 9.18 Å². The number of fused-ring (bicyclic) bond motifs is 1. The van der Waals surface area contributed by atoms with Gasteiger partial charge in [-0.05, 0) is 109 Å². The highest BCUT2D eigenvalue weighted by atomic mass is 35.5. The number of benzene rings is 4. The van der Waals surface area contributed by atoms with Crippen LogP contribution in [0.5, 0.6) is 5.75 Å². The Kier molecular flexibility index (Phi) is 9.23. The molecule has 2 aliphatic rings. The van der Waals surface area contributed by atoms with E-state index in [1.807, 2.05) is 59.5 Å². The van der Waals surface area contributed by atoms with Crippen LogP contribution in [0.25, 0.3) is 44.9 Å². The summed E-state index contributed by atoms with van der Waals surface area (Å²) in [6.07, 6.45) is 5.89. The first-order valence-corrected chi connectivity index (χ1v) is 17.8. The van der Waals surface area contributed by atoms with E-state index >= 15 is 0 Å². The van der Waals surface area contributed by atoms with Crippen molar-refractivity contribution in [2.45, 2.75) is 44.8 Å². The summed E-state index contributed by atoms with van der Waals surface area (Å²) in [5.74, 6) is 1.64. The zero-order chi connectivity index (χ0) is 34.9. The number of hydrogen-bond acceptors (Lipinski definition) is 7. The number of nitrogens with zero attached hydrogens (tertiary/aromatic N) is 7. The quantitative estimate of drug-likeness (QED) is 0.172. The van der Waals surface area contributed by atoms with Gasteiger partial charge in [0, 0.05) is 48.9 Å². The monoisotopic (exact) mass is 704 g/mol. The van der Waals surface area contributed by atoms with Crippen molar-refractivity contribution in [1.29, 1.82) is 0 Å². The molecule has 1 aliphatic carbocycles. The highest BCUT2D eigenvalue weighted by Crippen LogP contribution is 2.37. The molecule has 0 spiro atoms. The average Bonchev–Trinajstić information content (AvgIpc) is 3.84. The number of tetrazole rings is 1. The van der Waals surface area contributed by atoms with Crippen molar-refractivity contribution in [3.8, 4) is 39.7 Å². The molecule has 4 aromatic carbocycles. The number of carbonyl (C=O) groups excluding carboxylic acids is 1. The van der Waals surface area contributed by atoms with Gasteiger partial charge in [-0.25, -0.2) is 9.37 Å². The van der Waals surface area contributed by atoms with Crippen LogP contribution >= 0.6 is 11.6 Å². The number of amides is 1. The Bertz CT molecular complexity index is 2170. The second-order valence-electron chi connectivity index (χ2n) is 13.4. The van der Waals surface area contributed by atoms with Gasteiger partial charge in [0.15, 0.2) is 0 Å². The van der Waals surface area contributed by atoms with Crippen molar-refractivity contribution in [2.24, 2.45) is 0 Å². The fraction of sp³-hybridized carbons (Fsp3) is 0.308. The van der Waals surface area contributed by atoms with Gasteiger partial charge >= 0.3 is 0 Å². The Morgan fingerprint density at radius 3 is 2.41 bits per heavy atom. The predicted octanol–water partition coefficient (Wildman–Crippen LogP) is 7.81. The second-order valence-corrected chi connectivity index (χ2v) is 13.9. The van der Waals surface area contributed by atoms with Gasteiger partial charge in [-0.3, -0.25) is 4.79 Å². The summed E-state index contributed by atoms with van der Waals surface area (Å²) >= 11 is 6.18. The maximum atomic E-state index is 14.1. The zero-order valence-corrected chi connectivity index (χ0v) is 29.1. The van der Waals surface area contributed by atoms with Crippen LogP contribution in [-0.4, -0.2) is 79.1 Å². The first kappa shape index (κ1) is 33.0. The number of imidazole rings is 1. The molecule has 12 heteroatoms. The Morgan fingerprint density at radius 1 is 0.902 bits per heavy atom. The molecule has 0 atom stereocenters. The van der Waals surface area contributed by atoms with E-state index in [-0.39, 0.29) is 17.5 Å². The summed E-state index contributed by atoms with van der Waals surface area (Å²) in [6.45, 7) is 3.23. The number of piperazine rings is 1. The van der Waals surface area contributed by atoms with Crippen LogP contribution in [0.2, 0.25) is 5.02 Å². The lowest BCUT2D eigenvalue weighted by Gasteiger charge is -2.32. The minimum atomic E-state index is -0.482. The van der Waals surface area contributed by atoms with Crippen molar-refractivity contribution >= 4 is 28.5 Å². The maximum absolute atomic E-state index is 14.1. The molecule has 0 radical (unpaired) electrons. The Balaban J connectivity index is 1.08. The number of rotatable bonds is 8. The number of likely N-dealkylation sites (N-methyl/N-ethyl adjacent to an activating group) is 1. The molecule has 2 aromatic heterocycles. The molecular weight excluding hydrogens is 667 g/mol. The zero-order valence-electron chi connectivity index (χ0n) is 28.4. The van der Waals surface area contributed by atoms with E-state index in [0.717, 1.165) is 70.6 Å². The number of halogens is 2.